The molecule has 1 aromatic heterocycles. The number of aryl methyl sites for hydroxylation is 1. The highest BCUT2D eigenvalue weighted by Gasteiger charge is 2.30. The number of aliphatic hydroxyl groups is 1. The highest BCUT2D eigenvalue weighted by molar-refractivity contribution is 7.88. The van der Waals surface area contributed by atoms with Crippen LogP contribution in [0.3, 0.4) is 0 Å². The molecule has 2 aromatic carbocycles. The van der Waals surface area contributed by atoms with Gasteiger partial charge in [0.05, 0.1) is 23.6 Å². The van der Waals surface area contributed by atoms with Crippen molar-refractivity contribution >= 4 is 27.6 Å². The summed E-state index contributed by atoms with van der Waals surface area (Å²) in [5.74, 6) is -1.02. The first-order chi connectivity index (χ1) is 18.1. The van der Waals surface area contributed by atoms with E-state index in [-0.39, 0.29) is 18.2 Å². The van der Waals surface area contributed by atoms with Gasteiger partial charge >= 0.3 is 5.97 Å². The smallest absolute Gasteiger partial charge is 0.335 e. The van der Waals surface area contributed by atoms with Crippen LogP contribution in [0, 0.1) is 0 Å². The lowest BCUT2D eigenvalue weighted by atomic mass is 9.97. The lowest BCUT2D eigenvalue weighted by Gasteiger charge is -2.26. The van der Waals surface area contributed by atoms with Gasteiger partial charge in [-0.3, -0.25) is 4.68 Å². The maximum atomic E-state index is 12.4. The minimum absolute atomic E-state index is 0.167. The third-order valence-electron chi connectivity index (χ3n) is 7.32. The number of benzene rings is 2. The Labute approximate surface area is 227 Å². The van der Waals surface area contributed by atoms with Gasteiger partial charge in [-0.25, -0.2) is 13.2 Å². The summed E-state index contributed by atoms with van der Waals surface area (Å²) in [7, 11) is -3.37. The highest BCUT2D eigenvalue weighted by Crippen LogP contribution is 2.36. The zero-order valence-electron chi connectivity index (χ0n) is 21.2. The number of β-amino-alcohol motifs (C(OH)–C–C–N with tert-alkyl or cyclic N) is 1. The van der Waals surface area contributed by atoms with Gasteiger partial charge in [0.25, 0.3) is 0 Å². The number of fused-ring (bicyclic) bond motifs is 1. The van der Waals surface area contributed by atoms with Gasteiger partial charge in [0.15, 0.2) is 0 Å². The summed E-state index contributed by atoms with van der Waals surface area (Å²) in [5.41, 5.74) is 4.93. The number of halogens is 1. The third kappa shape index (κ3) is 5.64. The topological polar surface area (TPSA) is 116 Å². The van der Waals surface area contributed by atoms with Crippen molar-refractivity contribution in [2.75, 3.05) is 32.4 Å². The average molecular weight is 559 g/mol. The minimum Gasteiger partial charge on any atom is -0.478 e. The molecule has 11 heteroatoms. The standard InChI is InChI=1S/C27H31ClN4O5S/c1-38(36,37)31-13-9-25-23(17-31)26(29-32(25)11-3-10-30-12-8-21(33)16-30)19-6-7-24(28)22(15-19)18-4-2-5-20(14-18)27(34)35/h2,4-7,14-15,21,33H,3,8-13,16-17H2,1H3,(H,34,35). The molecule has 1 fully saturated rings. The first-order valence-electron chi connectivity index (χ1n) is 12.7. The Morgan fingerprint density at radius 2 is 1.95 bits per heavy atom. The lowest BCUT2D eigenvalue weighted by Crippen LogP contribution is -2.35. The zero-order chi connectivity index (χ0) is 27.0. The highest BCUT2D eigenvalue weighted by atomic mass is 35.5. The Bertz CT molecular complexity index is 1470. The Kier molecular flexibility index (Phi) is 7.61. The molecule has 9 nitrogen and oxygen atoms in total. The number of sulfonamides is 1. The van der Waals surface area contributed by atoms with Gasteiger partial charge < -0.3 is 15.1 Å². The Morgan fingerprint density at radius 1 is 1.13 bits per heavy atom. The number of likely N-dealkylation sites (tertiary alicyclic amines) is 1. The first-order valence-corrected chi connectivity index (χ1v) is 14.9. The molecule has 202 valence electrons. The molecule has 0 bridgehead atoms. The molecule has 0 saturated carbocycles. The van der Waals surface area contributed by atoms with Crippen molar-refractivity contribution in [2.24, 2.45) is 0 Å². The van der Waals surface area contributed by atoms with Crippen LogP contribution in [-0.2, 0) is 29.5 Å². The fourth-order valence-corrected chi connectivity index (χ4v) is 6.35. The molecule has 1 atom stereocenters. The summed E-state index contributed by atoms with van der Waals surface area (Å²) in [6, 6.07) is 12.1. The van der Waals surface area contributed by atoms with Gasteiger partial charge in [0, 0.05) is 73.1 Å². The van der Waals surface area contributed by atoms with Gasteiger partial charge in [-0.1, -0.05) is 29.8 Å². The van der Waals surface area contributed by atoms with Gasteiger partial charge in [-0.2, -0.15) is 9.40 Å². The van der Waals surface area contributed by atoms with Crippen molar-refractivity contribution < 1.29 is 23.4 Å². The third-order valence-corrected chi connectivity index (χ3v) is 8.90. The van der Waals surface area contributed by atoms with Gasteiger partial charge in [0.1, 0.15) is 0 Å². The first kappa shape index (κ1) is 26.8. The monoisotopic (exact) mass is 558 g/mol. The molecule has 1 saturated heterocycles. The number of hydrogen-bond donors (Lipinski definition) is 2. The number of aliphatic hydroxyl groups excluding tert-OH is 1. The van der Waals surface area contributed by atoms with Crippen molar-refractivity contribution in [1.82, 2.24) is 19.0 Å². The van der Waals surface area contributed by atoms with Crippen LogP contribution in [0.15, 0.2) is 42.5 Å². The van der Waals surface area contributed by atoms with Crippen LogP contribution in [0.2, 0.25) is 5.02 Å². The summed E-state index contributed by atoms with van der Waals surface area (Å²) >= 11 is 6.54. The van der Waals surface area contributed by atoms with Crippen LogP contribution in [0.5, 0.6) is 0 Å². The molecule has 0 aliphatic carbocycles. The number of carbonyl (C=O) groups is 1. The predicted octanol–water partition coefficient (Wildman–Crippen LogP) is 3.34. The van der Waals surface area contributed by atoms with E-state index in [1.807, 2.05) is 22.9 Å². The molecule has 2 aliphatic rings. The van der Waals surface area contributed by atoms with Crippen molar-refractivity contribution in [3.05, 3.63) is 64.3 Å². The summed E-state index contributed by atoms with van der Waals surface area (Å²) in [6.45, 7) is 3.79. The van der Waals surface area contributed by atoms with E-state index in [1.54, 1.807) is 18.2 Å². The van der Waals surface area contributed by atoms with Crippen molar-refractivity contribution in [3.63, 3.8) is 0 Å². The number of hydrogen-bond acceptors (Lipinski definition) is 6. The SMILES string of the molecule is CS(=O)(=O)N1CCc2c(c(-c3ccc(Cl)c(-c4cccc(C(=O)O)c4)c3)nn2CCCN2CCC(O)C2)C1. The van der Waals surface area contributed by atoms with Crippen LogP contribution < -0.4 is 0 Å². The van der Waals surface area contributed by atoms with Crippen LogP contribution in [0.1, 0.15) is 34.5 Å². The average Bonchev–Trinajstić information content (AvgIpc) is 3.47. The minimum atomic E-state index is -3.37. The van der Waals surface area contributed by atoms with E-state index in [9.17, 15) is 23.4 Å². The normalized spacial score (nSPS) is 18.6. The Morgan fingerprint density at radius 3 is 2.66 bits per heavy atom. The van der Waals surface area contributed by atoms with Crippen molar-refractivity contribution in [3.8, 4) is 22.4 Å². The van der Waals surface area contributed by atoms with E-state index >= 15 is 0 Å². The molecule has 3 heterocycles. The fraction of sp³-hybridized carbons (Fsp3) is 0.407. The molecule has 3 aromatic rings. The van der Waals surface area contributed by atoms with E-state index < -0.39 is 16.0 Å². The maximum absolute atomic E-state index is 12.4. The van der Waals surface area contributed by atoms with Gasteiger partial charge in [0.2, 0.25) is 10.0 Å². The number of aromatic nitrogens is 2. The number of carboxylic acid groups (broad SMARTS) is 1. The van der Waals surface area contributed by atoms with Crippen LogP contribution in [-0.4, -0.2) is 82.1 Å². The number of aromatic carboxylic acids is 1. The molecule has 0 spiro atoms. The number of nitrogens with zero attached hydrogens (tertiary/aromatic N) is 4. The summed E-state index contributed by atoms with van der Waals surface area (Å²) in [6.07, 6.45) is 3.21. The maximum Gasteiger partial charge on any atom is 0.335 e. The second-order valence-electron chi connectivity index (χ2n) is 10.0. The van der Waals surface area contributed by atoms with E-state index in [0.29, 0.717) is 47.9 Å². The second-order valence-corrected chi connectivity index (χ2v) is 12.4. The van der Waals surface area contributed by atoms with Gasteiger partial charge in [-0.15, -0.1) is 0 Å². The van der Waals surface area contributed by atoms with Gasteiger partial charge in [-0.05, 0) is 42.7 Å². The second kappa shape index (κ2) is 10.8. The molecule has 0 amide bonds. The molecule has 1 unspecified atom stereocenters. The molecular formula is C27H31ClN4O5S. The summed E-state index contributed by atoms with van der Waals surface area (Å²) < 4.78 is 28.2. The molecule has 38 heavy (non-hydrogen) atoms. The molecular weight excluding hydrogens is 528 g/mol. The van der Waals surface area contributed by atoms with Crippen LogP contribution in [0.4, 0.5) is 0 Å². The Hall–Kier alpha value is -2.76. The van der Waals surface area contributed by atoms with E-state index in [2.05, 4.69) is 4.90 Å². The molecule has 2 aliphatic heterocycles. The van der Waals surface area contributed by atoms with Crippen molar-refractivity contribution in [2.45, 2.75) is 38.5 Å². The lowest BCUT2D eigenvalue weighted by molar-refractivity contribution is 0.0697. The quantitative estimate of drug-likeness (QED) is 0.435. The van der Waals surface area contributed by atoms with E-state index in [1.165, 1.54) is 16.6 Å². The largest absolute Gasteiger partial charge is 0.478 e. The fourth-order valence-electron chi connectivity index (χ4n) is 5.34. The molecule has 0 radical (unpaired) electrons. The summed E-state index contributed by atoms with van der Waals surface area (Å²) in [4.78, 5) is 13.8. The zero-order valence-corrected chi connectivity index (χ0v) is 22.7. The molecule has 2 N–H and O–H groups in total. The summed E-state index contributed by atoms with van der Waals surface area (Å²) in [5, 5.41) is 24.7. The predicted molar refractivity (Wildman–Crippen MR) is 146 cm³/mol. The van der Waals surface area contributed by atoms with E-state index in [0.717, 1.165) is 42.8 Å². The number of rotatable bonds is 8. The van der Waals surface area contributed by atoms with Crippen LogP contribution >= 0.6 is 11.6 Å². The molecule has 5 rings (SSSR count). The number of carboxylic acids is 1. The Balaban J connectivity index is 1.50. The van der Waals surface area contributed by atoms with Crippen LogP contribution in [0.25, 0.3) is 22.4 Å². The van der Waals surface area contributed by atoms with Crippen molar-refractivity contribution in [1.29, 1.82) is 0 Å². The van der Waals surface area contributed by atoms with E-state index in [4.69, 9.17) is 16.7 Å².